The van der Waals surface area contributed by atoms with E-state index in [4.69, 9.17) is 0 Å². The van der Waals surface area contributed by atoms with Gasteiger partial charge in [-0.05, 0) is 6.08 Å². The molecule has 0 aromatic rings. The third-order valence-corrected chi connectivity index (χ3v) is 1.11. The summed E-state index contributed by atoms with van der Waals surface area (Å²) in [5.41, 5.74) is 0.109. The molecule has 0 unspecified atom stereocenters. The van der Waals surface area contributed by atoms with E-state index in [2.05, 4.69) is 0 Å². The zero-order valence-corrected chi connectivity index (χ0v) is 4.73. The van der Waals surface area contributed by atoms with Crippen molar-refractivity contribution < 1.29 is 9.18 Å². The average molecular weight is 124 g/mol. The molecule has 1 aliphatic rings. The highest BCUT2D eigenvalue weighted by Gasteiger charge is 2.04. The van der Waals surface area contributed by atoms with E-state index in [9.17, 15) is 9.18 Å². The monoisotopic (exact) mass is 124 g/mol. The number of rotatable bonds is 0. The van der Waals surface area contributed by atoms with Gasteiger partial charge in [-0.1, -0.05) is 12.2 Å². The van der Waals surface area contributed by atoms with Gasteiger partial charge in [0.05, 0.1) is 5.57 Å². The molecule has 0 saturated carbocycles. The minimum absolute atomic E-state index is 0.109. The summed E-state index contributed by atoms with van der Waals surface area (Å²) in [5.74, 6) is 1.06. The summed E-state index contributed by atoms with van der Waals surface area (Å²) < 4.78 is 12.4. The predicted molar refractivity (Wildman–Crippen MR) is 32.2 cm³/mol. The highest BCUT2D eigenvalue weighted by Crippen LogP contribution is 2.16. The summed E-state index contributed by atoms with van der Waals surface area (Å²) in [6, 6.07) is 0. The van der Waals surface area contributed by atoms with Crippen LogP contribution in [0, 0.1) is 0 Å². The molecule has 0 atom stereocenters. The summed E-state index contributed by atoms with van der Waals surface area (Å²) in [5, 5.41) is 0. The summed E-state index contributed by atoms with van der Waals surface area (Å²) in [6.45, 7) is 0. The Morgan fingerprint density at radius 2 is 2.44 bits per heavy atom. The maximum absolute atomic E-state index is 12.4. The molecule has 0 saturated heterocycles. The first-order valence-corrected chi connectivity index (χ1v) is 2.61. The van der Waals surface area contributed by atoms with Gasteiger partial charge in [0.15, 0.2) is 0 Å². The molecule has 0 bridgehead atoms. The normalized spacial score (nSPS) is 17.0. The zero-order chi connectivity index (χ0) is 6.69. The lowest BCUT2D eigenvalue weighted by atomic mass is 10.1. The fourth-order valence-electron chi connectivity index (χ4n) is 0.627. The van der Waals surface area contributed by atoms with Gasteiger partial charge in [-0.15, -0.1) is 0 Å². The smallest absolute Gasteiger partial charge is 0.137 e. The molecule has 9 heavy (non-hydrogen) atoms. The molecule has 0 aromatic heterocycles. The Morgan fingerprint density at radius 1 is 1.67 bits per heavy atom. The predicted octanol–water partition coefficient (Wildman–Crippen LogP) is 1.56. The molecule has 46 valence electrons. The zero-order valence-electron chi connectivity index (χ0n) is 4.73. The van der Waals surface area contributed by atoms with Crippen LogP contribution in [0.5, 0.6) is 0 Å². The molecule has 2 heteroatoms. The standard InChI is InChI=1S/C7H5FO/c8-7-4-2-1-3-6(7)5-9/h1-2,4H,3H2. The second-order valence-corrected chi connectivity index (χ2v) is 1.73. The summed E-state index contributed by atoms with van der Waals surface area (Å²) in [7, 11) is 0. The second-order valence-electron chi connectivity index (χ2n) is 1.73. The first-order valence-electron chi connectivity index (χ1n) is 2.61. The Balaban J connectivity index is 2.96. The van der Waals surface area contributed by atoms with E-state index < -0.39 is 5.83 Å². The third-order valence-electron chi connectivity index (χ3n) is 1.11. The van der Waals surface area contributed by atoms with Crippen molar-refractivity contribution >= 4 is 5.94 Å². The van der Waals surface area contributed by atoms with Crippen LogP contribution in [-0.2, 0) is 4.79 Å². The quantitative estimate of drug-likeness (QED) is 0.448. The third kappa shape index (κ3) is 1.15. The Morgan fingerprint density at radius 3 is 2.89 bits per heavy atom. The lowest BCUT2D eigenvalue weighted by Gasteiger charge is -1.97. The van der Waals surface area contributed by atoms with Gasteiger partial charge >= 0.3 is 0 Å². The summed E-state index contributed by atoms with van der Waals surface area (Å²) >= 11 is 0. The minimum Gasteiger partial charge on any atom is -0.233 e. The summed E-state index contributed by atoms with van der Waals surface area (Å²) in [6.07, 6.45) is 4.91. The SMILES string of the molecule is O=C=C1CC=CC=C1F. The molecular weight excluding hydrogens is 119 g/mol. The molecule has 0 heterocycles. The first-order chi connectivity index (χ1) is 4.34. The van der Waals surface area contributed by atoms with Crippen LogP contribution >= 0.6 is 0 Å². The Labute approximate surface area is 52.2 Å². The lowest BCUT2D eigenvalue weighted by Crippen LogP contribution is -1.86. The van der Waals surface area contributed by atoms with Crippen LogP contribution in [0.4, 0.5) is 4.39 Å². The van der Waals surface area contributed by atoms with E-state index in [1.807, 2.05) is 0 Å². The van der Waals surface area contributed by atoms with Crippen molar-refractivity contribution in [1.29, 1.82) is 0 Å². The fourth-order valence-corrected chi connectivity index (χ4v) is 0.627. The van der Waals surface area contributed by atoms with E-state index in [0.717, 1.165) is 0 Å². The van der Waals surface area contributed by atoms with Crippen LogP contribution in [0.3, 0.4) is 0 Å². The van der Waals surface area contributed by atoms with Gasteiger partial charge in [-0.2, -0.15) is 0 Å². The minimum atomic E-state index is -0.465. The number of allylic oxidation sites excluding steroid dienone is 5. The molecule has 1 nitrogen and oxygen atoms in total. The highest BCUT2D eigenvalue weighted by molar-refractivity contribution is 5.61. The van der Waals surface area contributed by atoms with Crippen LogP contribution in [0.1, 0.15) is 6.42 Å². The largest absolute Gasteiger partial charge is 0.233 e. The molecule has 1 aliphatic carbocycles. The van der Waals surface area contributed by atoms with Gasteiger partial charge < -0.3 is 0 Å². The van der Waals surface area contributed by atoms with Crippen molar-refractivity contribution in [3.63, 3.8) is 0 Å². The van der Waals surface area contributed by atoms with E-state index in [1.54, 1.807) is 12.2 Å². The number of carbonyl (C=O) groups excluding carboxylic acids is 1. The molecule has 0 fully saturated rings. The fraction of sp³-hybridized carbons (Fsp3) is 0.143. The van der Waals surface area contributed by atoms with E-state index >= 15 is 0 Å². The van der Waals surface area contributed by atoms with Crippen molar-refractivity contribution in [2.75, 3.05) is 0 Å². The van der Waals surface area contributed by atoms with Crippen LogP contribution in [0.25, 0.3) is 0 Å². The number of halogens is 1. The Kier molecular flexibility index (Phi) is 1.61. The first kappa shape index (κ1) is 5.99. The topological polar surface area (TPSA) is 17.1 Å². The number of hydrogen-bond acceptors (Lipinski definition) is 1. The van der Waals surface area contributed by atoms with Crippen molar-refractivity contribution in [3.05, 3.63) is 29.6 Å². The van der Waals surface area contributed by atoms with Crippen molar-refractivity contribution in [2.45, 2.75) is 6.42 Å². The number of hydrogen-bond donors (Lipinski definition) is 0. The van der Waals surface area contributed by atoms with E-state index in [1.165, 1.54) is 12.0 Å². The second kappa shape index (κ2) is 2.42. The molecule has 0 aromatic carbocycles. The highest BCUT2D eigenvalue weighted by atomic mass is 19.1. The maximum Gasteiger partial charge on any atom is 0.137 e. The van der Waals surface area contributed by atoms with Crippen LogP contribution in [0.2, 0.25) is 0 Å². The maximum atomic E-state index is 12.4. The van der Waals surface area contributed by atoms with Gasteiger partial charge in [0.25, 0.3) is 0 Å². The van der Waals surface area contributed by atoms with Crippen LogP contribution in [-0.4, -0.2) is 5.94 Å². The lowest BCUT2D eigenvalue weighted by molar-refractivity contribution is 0.563. The van der Waals surface area contributed by atoms with Crippen LogP contribution < -0.4 is 0 Å². The van der Waals surface area contributed by atoms with Gasteiger partial charge in [-0.25, -0.2) is 9.18 Å². The average Bonchev–Trinajstić information content (AvgIpc) is 1.89. The van der Waals surface area contributed by atoms with Crippen molar-refractivity contribution in [1.82, 2.24) is 0 Å². The molecular formula is C7H5FO. The Hall–Kier alpha value is -1.14. The van der Waals surface area contributed by atoms with Gasteiger partial charge in [0, 0.05) is 6.42 Å². The molecule has 0 N–H and O–H groups in total. The Bertz CT molecular complexity index is 219. The van der Waals surface area contributed by atoms with Crippen LogP contribution in [0.15, 0.2) is 29.6 Å². The van der Waals surface area contributed by atoms with E-state index in [0.29, 0.717) is 6.42 Å². The summed E-state index contributed by atoms with van der Waals surface area (Å²) in [4.78, 5) is 9.89. The van der Waals surface area contributed by atoms with Crippen molar-refractivity contribution in [3.8, 4) is 0 Å². The van der Waals surface area contributed by atoms with Gasteiger partial charge in [0.2, 0.25) is 0 Å². The van der Waals surface area contributed by atoms with Gasteiger partial charge in [-0.3, -0.25) is 0 Å². The molecule has 0 aliphatic heterocycles. The molecule has 0 amide bonds. The van der Waals surface area contributed by atoms with E-state index in [-0.39, 0.29) is 5.57 Å². The molecule has 0 spiro atoms. The molecule has 0 radical (unpaired) electrons. The van der Waals surface area contributed by atoms with Crippen molar-refractivity contribution in [2.24, 2.45) is 0 Å². The van der Waals surface area contributed by atoms with Gasteiger partial charge in [0.1, 0.15) is 11.8 Å². The molecule has 1 rings (SSSR count).